The van der Waals surface area contributed by atoms with Crippen molar-refractivity contribution in [3.63, 3.8) is 0 Å². The number of carboxylic acids is 1. The van der Waals surface area contributed by atoms with Crippen LogP contribution in [-0.2, 0) is 25.6 Å². The van der Waals surface area contributed by atoms with Crippen LogP contribution in [0.1, 0.15) is 18.4 Å². The molecule has 0 saturated carbocycles. The van der Waals surface area contributed by atoms with Crippen LogP contribution in [0.15, 0.2) is 24.3 Å². The lowest BCUT2D eigenvalue weighted by atomic mass is 10.1. The van der Waals surface area contributed by atoms with Gasteiger partial charge in [0.1, 0.15) is 12.4 Å². The zero-order valence-corrected chi connectivity index (χ0v) is 16.7. The zero-order valence-electron chi connectivity index (χ0n) is 16.7. The summed E-state index contributed by atoms with van der Waals surface area (Å²) < 4.78 is 56.4. The monoisotopic (exact) mass is 448 g/mol. The molecule has 4 rings (SSSR count). The highest BCUT2D eigenvalue weighted by atomic mass is 19.4. The molecule has 7 nitrogen and oxygen atoms in total. The van der Waals surface area contributed by atoms with Crippen molar-refractivity contribution in [2.24, 2.45) is 0 Å². The largest absolute Gasteiger partial charge is 0.490 e. The van der Waals surface area contributed by atoms with Crippen LogP contribution in [0, 0.1) is 5.82 Å². The Labute approximate surface area is 176 Å². The van der Waals surface area contributed by atoms with E-state index in [4.69, 9.17) is 19.4 Å². The molecule has 0 aromatic heterocycles. The summed E-state index contributed by atoms with van der Waals surface area (Å²) in [5.74, 6) is -3.03. The molecule has 1 aromatic carbocycles. The summed E-state index contributed by atoms with van der Waals surface area (Å²) in [5.41, 5.74) is 0.827. The number of morpholine rings is 1. The number of amides is 1. The second kappa shape index (κ2) is 9.92. The molecule has 3 saturated heterocycles. The Morgan fingerprint density at radius 2 is 1.87 bits per heavy atom. The Hall–Kier alpha value is -2.24. The first-order chi connectivity index (χ1) is 14.6. The Morgan fingerprint density at radius 1 is 1.19 bits per heavy atom. The van der Waals surface area contributed by atoms with E-state index in [1.54, 1.807) is 6.07 Å². The summed E-state index contributed by atoms with van der Waals surface area (Å²) in [6, 6.07) is 7.05. The van der Waals surface area contributed by atoms with Crippen molar-refractivity contribution in [1.29, 1.82) is 0 Å². The van der Waals surface area contributed by atoms with Crippen molar-refractivity contribution in [1.82, 2.24) is 9.80 Å². The topological polar surface area (TPSA) is 79.3 Å². The fraction of sp³-hybridized carbons (Fsp3) is 0.600. The number of nitrogens with zero attached hydrogens (tertiary/aromatic N) is 2. The number of benzene rings is 1. The third-order valence-electron chi connectivity index (χ3n) is 5.60. The van der Waals surface area contributed by atoms with Gasteiger partial charge in [-0.25, -0.2) is 9.18 Å². The number of fused-ring (bicyclic) bond motifs is 1. The van der Waals surface area contributed by atoms with Gasteiger partial charge in [0.15, 0.2) is 0 Å². The van der Waals surface area contributed by atoms with Crippen molar-refractivity contribution >= 4 is 11.9 Å². The summed E-state index contributed by atoms with van der Waals surface area (Å²) in [7, 11) is 0. The highest BCUT2D eigenvalue weighted by Gasteiger charge is 2.45. The number of carbonyl (C=O) groups is 2. The van der Waals surface area contributed by atoms with Gasteiger partial charge in [-0.05, 0) is 30.5 Å². The van der Waals surface area contributed by atoms with Crippen LogP contribution in [0.2, 0.25) is 0 Å². The molecule has 172 valence electrons. The average Bonchev–Trinajstić information content (AvgIpc) is 3.15. The van der Waals surface area contributed by atoms with Gasteiger partial charge in [-0.2, -0.15) is 13.2 Å². The van der Waals surface area contributed by atoms with Crippen molar-refractivity contribution < 1.29 is 41.7 Å². The molecule has 3 aliphatic heterocycles. The molecule has 1 amide bonds. The van der Waals surface area contributed by atoms with Gasteiger partial charge in [-0.15, -0.1) is 0 Å². The maximum Gasteiger partial charge on any atom is 0.490 e. The molecule has 0 spiro atoms. The number of aliphatic carboxylic acids is 1. The van der Waals surface area contributed by atoms with Gasteiger partial charge in [0.05, 0.1) is 12.1 Å². The van der Waals surface area contributed by atoms with Gasteiger partial charge in [0, 0.05) is 38.9 Å². The van der Waals surface area contributed by atoms with E-state index in [0.717, 1.165) is 44.7 Å². The Balaban J connectivity index is 0.000000339. The fourth-order valence-corrected chi connectivity index (χ4v) is 4.08. The third-order valence-corrected chi connectivity index (χ3v) is 5.60. The molecule has 0 radical (unpaired) electrons. The number of hydrogen-bond donors (Lipinski definition) is 1. The van der Waals surface area contributed by atoms with Crippen LogP contribution >= 0.6 is 0 Å². The van der Waals surface area contributed by atoms with Gasteiger partial charge in [0.2, 0.25) is 5.91 Å². The van der Waals surface area contributed by atoms with E-state index in [0.29, 0.717) is 12.6 Å². The normalized spacial score (nSPS) is 25.0. The van der Waals surface area contributed by atoms with E-state index in [1.807, 2.05) is 11.0 Å². The minimum atomic E-state index is -5.08. The predicted molar refractivity (Wildman–Crippen MR) is 99.6 cm³/mol. The maximum absolute atomic E-state index is 13.4. The molecule has 31 heavy (non-hydrogen) atoms. The molecule has 1 aromatic rings. The second-order valence-electron chi connectivity index (χ2n) is 7.67. The van der Waals surface area contributed by atoms with Crippen molar-refractivity contribution in [3.05, 3.63) is 35.6 Å². The Morgan fingerprint density at radius 3 is 2.48 bits per heavy atom. The summed E-state index contributed by atoms with van der Waals surface area (Å²) in [5, 5.41) is 7.12. The first-order valence-corrected chi connectivity index (χ1v) is 9.92. The second-order valence-corrected chi connectivity index (χ2v) is 7.67. The number of alkyl halides is 3. The van der Waals surface area contributed by atoms with Crippen LogP contribution in [0.25, 0.3) is 0 Å². The fourth-order valence-electron chi connectivity index (χ4n) is 4.08. The molecule has 3 aliphatic rings. The summed E-state index contributed by atoms with van der Waals surface area (Å²) in [6.07, 6.45) is -2.95. The number of ether oxygens (including phenoxy) is 2. The number of halogens is 4. The zero-order chi connectivity index (χ0) is 22.6. The lowest BCUT2D eigenvalue weighted by Gasteiger charge is -2.37. The van der Waals surface area contributed by atoms with Crippen LogP contribution in [0.4, 0.5) is 17.6 Å². The minimum absolute atomic E-state index is 0.00524. The van der Waals surface area contributed by atoms with Crippen molar-refractivity contribution in [3.8, 4) is 0 Å². The number of hydrogen-bond acceptors (Lipinski definition) is 5. The van der Waals surface area contributed by atoms with E-state index in [9.17, 15) is 22.4 Å². The number of likely N-dealkylation sites (tertiary alicyclic amines) is 1. The molecule has 0 unspecified atom stereocenters. The maximum atomic E-state index is 13.4. The highest BCUT2D eigenvalue weighted by molar-refractivity contribution is 5.78. The number of carboxylic acid groups (broad SMARTS) is 1. The van der Waals surface area contributed by atoms with Crippen molar-refractivity contribution in [2.45, 2.75) is 43.8 Å². The quantitative estimate of drug-likeness (QED) is 0.714. The molecule has 3 fully saturated rings. The molecule has 1 N–H and O–H groups in total. The number of rotatable bonds is 3. The van der Waals surface area contributed by atoms with Gasteiger partial charge in [-0.1, -0.05) is 12.1 Å². The van der Waals surface area contributed by atoms with E-state index < -0.39 is 12.1 Å². The molecular formula is C20H24F4N2O5. The predicted octanol–water partition coefficient (Wildman–Crippen LogP) is 2.05. The van der Waals surface area contributed by atoms with Gasteiger partial charge in [0.25, 0.3) is 0 Å². The lowest BCUT2D eigenvalue weighted by molar-refractivity contribution is -0.192. The van der Waals surface area contributed by atoms with Crippen LogP contribution in [-0.4, -0.2) is 84.1 Å². The SMILES string of the molecule is O=C(O)C(F)(F)F.O=C1CO[C@@H]2CN(C3CCOCC3)C[C@H]2N1Cc1cccc(F)c1. The minimum Gasteiger partial charge on any atom is -0.475 e. The third kappa shape index (κ3) is 6.14. The first kappa shape index (κ1) is 23.4. The van der Waals surface area contributed by atoms with Gasteiger partial charge in [-0.3, -0.25) is 9.69 Å². The van der Waals surface area contributed by atoms with Gasteiger partial charge >= 0.3 is 12.1 Å². The Kier molecular flexibility index (Phi) is 7.50. The van der Waals surface area contributed by atoms with E-state index >= 15 is 0 Å². The molecule has 2 atom stereocenters. The van der Waals surface area contributed by atoms with Crippen LogP contribution in [0.5, 0.6) is 0 Å². The van der Waals surface area contributed by atoms with Gasteiger partial charge < -0.3 is 19.5 Å². The molecule has 3 heterocycles. The molecule has 0 bridgehead atoms. The molecule has 11 heteroatoms. The molecule has 0 aliphatic carbocycles. The lowest BCUT2D eigenvalue weighted by Crippen LogP contribution is -2.53. The summed E-state index contributed by atoms with van der Waals surface area (Å²) >= 11 is 0. The smallest absolute Gasteiger partial charge is 0.475 e. The first-order valence-electron chi connectivity index (χ1n) is 9.92. The molecular weight excluding hydrogens is 424 g/mol. The number of carbonyl (C=O) groups excluding carboxylic acids is 1. The highest BCUT2D eigenvalue weighted by Crippen LogP contribution is 2.29. The summed E-state index contributed by atoms with van der Waals surface area (Å²) in [4.78, 5) is 25.6. The van der Waals surface area contributed by atoms with Crippen LogP contribution < -0.4 is 0 Å². The standard InChI is InChI=1S/C18H23FN2O3.C2HF3O2/c19-14-3-1-2-13(8-14)9-21-16-10-20(15-4-6-23-7-5-15)11-17(16)24-12-18(21)22;3-2(4,5)1(6)7/h1-3,8,15-17H,4-7,9-12H2;(H,6,7)/t16-,17-;/m1./s1. The summed E-state index contributed by atoms with van der Waals surface area (Å²) in [6.45, 7) is 3.88. The van der Waals surface area contributed by atoms with E-state index in [-0.39, 0.29) is 30.5 Å². The Bertz CT molecular complexity index is 785. The van der Waals surface area contributed by atoms with Crippen LogP contribution in [0.3, 0.4) is 0 Å². The van der Waals surface area contributed by atoms with Crippen molar-refractivity contribution in [2.75, 3.05) is 32.9 Å². The van der Waals surface area contributed by atoms with E-state index in [1.165, 1.54) is 12.1 Å². The average molecular weight is 448 g/mol. The van der Waals surface area contributed by atoms with E-state index in [2.05, 4.69) is 4.90 Å².